The van der Waals surface area contributed by atoms with Gasteiger partial charge >= 0.3 is 5.97 Å². The van der Waals surface area contributed by atoms with E-state index in [9.17, 15) is 14.4 Å². The molecule has 0 aliphatic carbocycles. The fourth-order valence-electron chi connectivity index (χ4n) is 2.84. The predicted molar refractivity (Wildman–Crippen MR) is 129 cm³/mol. The molecule has 1 aliphatic rings. The van der Waals surface area contributed by atoms with Crippen molar-refractivity contribution in [1.82, 2.24) is 10.4 Å². The Bertz CT molecular complexity index is 1110. The summed E-state index contributed by atoms with van der Waals surface area (Å²) in [4.78, 5) is 36.4. The number of nitrogens with zero attached hydrogens (tertiary/aromatic N) is 1. The van der Waals surface area contributed by atoms with Gasteiger partial charge < -0.3 is 14.6 Å². The number of aliphatic carboxylic acids is 1. The number of nitrogens with one attached hydrogen (secondary N) is 1. The molecule has 0 bridgehead atoms. The summed E-state index contributed by atoms with van der Waals surface area (Å²) >= 11 is 6.35. The Morgan fingerprint density at radius 1 is 1.15 bits per heavy atom. The number of hydrogen-bond donors (Lipinski definition) is 2. The molecule has 2 amide bonds. The molecule has 1 heterocycles. The maximum absolute atomic E-state index is 12.8. The number of hydrogen-bond acceptors (Lipinski definition) is 7. The molecule has 0 aromatic heterocycles. The zero-order chi connectivity index (χ0) is 24.0. The molecule has 0 atom stereocenters. The fourth-order valence-corrected chi connectivity index (χ4v) is 4.02. The average molecular weight is 487 g/mol. The number of benzene rings is 2. The minimum absolute atomic E-state index is 0.00803. The topological polar surface area (TPSA) is 105 Å². The van der Waals surface area contributed by atoms with Crippen molar-refractivity contribution < 1.29 is 29.0 Å². The minimum atomic E-state index is -0.957. The van der Waals surface area contributed by atoms with E-state index in [4.69, 9.17) is 26.8 Å². The quantitative estimate of drug-likeness (QED) is 0.407. The number of carboxylic acids is 1. The number of carboxylic acid groups (broad SMARTS) is 1. The van der Waals surface area contributed by atoms with E-state index in [-0.39, 0.29) is 17.3 Å². The Morgan fingerprint density at radius 2 is 1.88 bits per heavy atom. The van der Waals surface area contributed by atoms with Gasteiger partial charge in [-0.05, 0) is 62.0 Å². The molecule has 0 spiro atoms. The van der Waals surface area contributed by atoms with E-state index >= 15 is 0 Å². The van der Waals surface area contributed by atoms with Crippen molar-refractivity contribution in [2.75, 3.05) is 13.2 Å². The van der Waals surface area contributed by atoms with Crippen LogP contribution in [-0.2, 0) is 9.59 Å². The number of ether oxygens (including phenoxy) is 2. The number of thioether (sulfide) groups is 1. The van der Waals surface area contributed by atoms with Crippen molar-refractivity contribution >= 4 is 52.2 Å². The molecule has 8 nitrogen and oxygen atoms in total. The normalized spacial score (nSPS) is 14.5. The van der Waals surface area contributed by atoms with Gasteiger partial charge in [0.1, 0.15) is 0 Å². The van der Waals surface area contributed by atoms with Crippen LogP contribution in [0.5, 0.6) is 11.5 Å². The molecular formula is C23H22N2O6S2. The van der Waals surface area contributed by atoms with Crippen LogP contribution < -0.4 is 14.9 Å². The van der Waals surface area contributed by atoms with Crippen LogP contribution in [0.25, 0.3) is 6.08 Å². The van der Waals surface area contributed by atoms with Gasteiger partial charge in [0.15, 0.2) is 15.8 Å². The summed E-state index contributed by atoms with van der Waals surface area (Å²) in [6.07, 6.45) is 1.50. The van der Waals surface area contributed by atoms with Crippen LogP contribution >= 0.6 is 24.0 Å². The largest absolute Gasteiger partial charge is 0.490 e. The third-order valence-electron chi connectivity index (χ3n) is 4.46. The Labute approximate surface area is 200 Å². The van der Waals surface area contributed by atoms with E-state index in [1.165, 1.54) is 0 Å². The Balaban J connectivity index is 1.74. The SMILES string of the molecule is CCOc1cc(/C=C2/SC(=S)N(NC(=O)c3ccc(C)cc3)C2=O)ccc1OCCC(=O)O. The average Bonchev–Trinajstić information content (AvgIpc) is 3.03. The van der Waals surface area contributed by atoms with Gasteiger partial charge in [-0.2, -0.15) is 5.01 Å². The highest BCUT2D eigenvalue weighted by Crippen LogP contribution is 2.34. The van der Waals surface area contributed by atoms with E-state index in [0.717, 1.165) is 22.3 Å². The van der Waals surface area contributed by atoms with Crippen LogP contribution in [0.3, 0.4) is 0 Å². The first-order valence-electron chi connectivity index (χ1n) is 10.1. The van der Waals surface area contributed by atoms with Crippen molar-refractivity contribution in [2.24, 2.45) is 0 Å². The zero-order valence-electron chi connectivity index (χ0n) is 18.0. The smallest absolute Gasteiger partial charge is 0.306 e. The second-order valence-electron chi connectivity index (χ2n) is 6.96. The van der Waals surface area contributed by atoms with Crippen molar-refractivity contribution in [1.29, 1.82) is 0 Å². The highest BCUT2D eigenvalue weighted by molar-refractivity contribution is 8.26. The fraction of sp³-hybridized carbons (Fsp3) is 0.217. The van der Waals surface area contributed by atoms with Crippen molar-refractivity contribution in [3.63, 3.8) is 0 Å². The lowest BCUT2D eigenvalue weighted by Gasteiger charge is -2.15. The summed E-state index contributed by atoms with van der Waals surface area (Å²) in [6.45, 7) is 4.12. The molecule has 172 valence electrons. The third kappa shape index (κ3) is 6.33. The first-order chi connectivity index (χ1) is 15.8. The van der Waals surface area contributed by atoms with Crippen LogP contribution in [0.4, 0.5) is 0 Å². The van der Waals surface area contributed by atoms with E-state index in [1.807, 2.05) is 26.0 Å². The molecule has 2 aromatic carbocycles. The standard InChI is InChI=1S/C23H22N2O6S2/c1-3-30-18-12-15(6-9-17(18)31-11-10-20(26)27)13-19-22(29)25(23(32)33-19)24-21(28)16-7-4-14(2)5-8-16/h4-9,12-13H,3,10-11H2,1-2H3,(H,24,28)(H,26,27)/b19-13+. The maximum atomic E-state index is 12.8. The molecule has 3 rings (SSSR count). The number of rotatable bonds is 9. The molecule has 10 heteroatoms. The highest BCUT2D eigenvalue weighted by Gasteiger charge is 2.33. The molecule has 0 saturated carbocycles. The number of aryl methyl sites for hydroxylation is 1. The van der Waals surface area contributed by atoms with Crippen LogP contribution in [0.2, 0.25) is 0 Å². The molecule has 1 saturated heterocycles. The second kappa shape index (κ2) is 11.0. The zero-order valence-corrected chi connectivity index (χ0v) is 19.6. The number of thiocarbonyl (C=S) groups is 1. The van der Waals surface area contributed by atoms with E-state index in [2.05, 4.69) is 5.43 Å². The summed E-state index contributed by atoms with van der Waals surface area (Å²) in [5, 5.41) is 9.83. The Hall–Kier alpha value is -3.37. The van der Waals surface area contributed by atoms with E-state index < -0.39 is 17.8 Å². The Kier molecular flexibility index (Phi) is 8.07. The lowest BCUT2D eigenvalue weighted by atomic mass is 10.1. The van der Waals surface area contributed by atoms with E-state index in [1.54, 1.807) is 36.4 Å². The molecule has 2 aromatic rings. The predicted octanol–water partition coefficient (Wildman–Crippen LogP) is 3.79. The first-order valence-corrected chi connectivity index (χ1v) is 11.3. The summed E-state index contributed by atoms with van der Waals surface area (Å²) in [5.41, 5.74) is 4.65. The summed E-state index contributed by atoms with van der Waals surface area (Å²) < 4.78 is 11.3. The molecule has 0 unspecified atom stereocenters. The molecule has 1 aliphatic heterocycles. The minimum Gasteiger partial charge on any atom is -0.490 e. The van der Waals surface area contributed by atoms with Gasteiger partial charge in [-0.15, -0.1) is 0 Å². The van der Waals surface area contributed by atoms with Crippen molar-refractivity contribution in [3.05, 3.63) is 64.1 Å². The van der Waals surface area contributed by atoms with Crippen LogP contribution in [0.1, 0.15) is 34.8 Å². The number of carbonyl (C=O) groups excluding carboxylic acids is 2. The maximum Gasteiger partial charge on any atom is 0.306 e. The van der Waals surface area contributed by atoms with Crippen molar-refractivity contribution in [2.45, 2.75) is 20.3 Å². The van der Waals surface area contributed by atoms with Crippen LogP contribution in [0, 0.1) is 6.92 Å². The molecule has 2 N–H and O–H groups in total. The van der Waals surface area contributed by atoms with Gasteiger partial charge in [-0.25, -0.2) is 0 Å². The molecular weight excluding hydrogens is 464 g/mol. The summed E-state index contributed by atoms with van der Waals surface area (Å²) in [5.74, 6) is -0.992. The highest BCUT2D eigenvalue weighted by atomic mass is 32.2. The van der Waals surface area contributed by atoms with Gasteiger partial charge in [-0.1, -0.05) is 35.5 Å². The lowest BCUT2D eigenvalue weighted by molar-refractivity contribution is -0.137. The molecule has 1 fully saturated rings. The Morgan fingerprint density at radius 3 is 2.55 bits per heavy atom. The number of carbonyl (C=O) groups is 3. The number of hydrazine groups is 1. The van der Waals surface area contributed by atoms with Gasteiger partial charge in [0.2, 0.25) is 0 Å². The third-order valence-corrected chi connectivity index (χ3v) is 5.76. The second-order valence-corrected chi connectivity index (χ2v) is 8.63. The van der Waals surface area contributed by atoms with E-state index in [0.29, 0.717) is 34.1 Å². The number of amides is 2. The lowest BCUT2D eigenvalue weighted by Crippen LogP contribution is -2.44. The van der Waals surface area contributed by atoms with Crippen LogP contribution in [-0.4, -0.2) is 45.4 Å². The monoisotopic (exact) mass is 486 g/mol. The van der Waals surface area contributed by atoms with Gasteiger partial charge in [0.05, 0.1) is 24.5 Å². The molecule has 33 heavy (non-hydrogen) atoms. The van der Waals surface area contributed by atoms with Crippen LogP contribution in [0.15, 0.2) is 47.4 Å². The van der Waals surface area contributed by atoms with Crippen molar-refractivity contribution in [3.8, 4) is 11.5 Å². The first kappa shape index (κ1) is 24.3. The van der Waals surface area contributed by atoms with Gasteiger partial charge in [-0.3, -0.25) is 19.8 Å². The summed E-state index contributed by atoms with van der Waals surface area (Å²) in [6, 6.07) is 12.0. The van der Waals surface area contributed by atoms with Gasteiger partial charge in [0, 0.05) is 5.56 Å². The summed E-state index contributed by atoms with van der Waals surface area (Å²) in [7, 11) is 0. The van der Waals surface area contributed by atoms with Gasteiger partial charge in [0.25, 0.3) is 11.8 Å². The molecule has 0 radical (unpaired) electrons.